The van der Waals surface area contributed by atoms with Crippen molar-refractivity contribution in [2.24, 2.45) is 0 Å². The van der Waals surface area contributed by atoms with Gasteiger partial charge in [0.05, 0.1) is 13.7 Å². The summed E-state index contributed by atoms with van der Waals surface area (Å²) in [5.74, 6) is 2.53. The van der Waals surface area contributed by atoms with E-state index in [1.807, 2.05) is 12.1 Å². The smallest absolute Gasteiger partial charge is 0.231 e. The van der Waals surface area contributed by atoms with Crippen LogP contribution in [0.1, 0.15) is 28.3 Å². The van der Waals surface area contributed by atoms with Gasteiger partial charge < -0.3 is 36.6 Å². The number of fused-ring (bicyclic) bond motifs is 5. The van der Waals surface area contributed by atoms with Crippen LogP contribution >= 0.6 is 0 Å². The lowest BCUT2D eigenvalue weighted by Crippen LogP contribution is -3.13. The summed E-state index contributed by atoms with van der Waals surface area (Å²) < 4.78 is 16.4. The minimum absolute atomic E-state index is 0. The zero-order valence-corrected chi connectivity index (χ0v) is 14.7. The number of rotatable bonds is 1. The molecule has 2 atom stereocenters. The average molecular weight is 362 g/mol. The number of nitrogens with one attached hydrogen (secondary N) is 1. The van der Waals surface area contributed by atoms with E-state index in [-0.39, 0.29) is 18.2 Å². The number of methoxy groups -OCH3 is 1. The molecule has 132 valence electrons. The van der Waals surface area contributed by atoms with Gasteiger partial charge in [0.2, 0.25) is 6.79 Å². The van der Waals surface area contributed by atoms with Crippen LogP contribution < -0.4 is 31.5 Å². The third kappa shape index (κ3) is 2.50. The predicted octanol–water partition coefficient (Wildman–Crippen LogP) is -1.63. The van der Waals surface area contributed by atoms with E-state index in [1.54, 1.807) is 12.0 Å². The lowest BCUT2D eigenvalue weighted by molar-refractivity contribution is -0.949. The topological polar surface area (TPSA) is 52.4 Å². The van der Waals surface area contributed by atoms with Crippen LogP contribution in [0.3, 0.4) is 0 Å². The number of ether oxygens (including phenoxy) is 3. The van der Waals surface area contributed by atoms with Crippen molar-refractivity contribution in [3.05, 3.63) is 46.5 Å². The fourth-order valence-corrected chi connectivity index (χ4v) is 4.33. The molecule has 0 saturated heterocycles. The molecule has 0 spiro atoms. The maximum atomic E-state index is 10.1. The Labute approximate surface area is 152 Å². The van der Waals surface area contributed by atoms with Gasteiger partial charge in [-0.2, -0.15) is 0 Å². The lowest BCUT2D eigenvalue weighted by Gasteiger charge is -2.38. The van der Waals surface area contributed by atoms with E-state index in [1.165, 1.54) is 22.3 Å². The number of aromatic hydroxyl groups is 1. The third-order valence-electron chi connectivity index (χ3n) is 5.56. The monoisotopic (exact) mass is 361 g/mol. The first-order valence-corrected chi connectivity index (χ1v) is 8.38. The molecule has 3 heterocycles. The largest absolute Gasteiger partial charge is 1.00 e. The Bertz CT molecular complexity index is 839. The Morgan fingerprint density at radius 1 is 1.08 bits per heavy atom. The highest BCUT2D eigenvalue weighted by Crippen LogP contribution is 2.39. The maximum Gasteiger partial charge on any atom is 0.231 e. The summed E-state index contributed by atoms with van der Waals surface area (Å²) in [6.45, 7) is 2.40. The minimum atomic E-state index is 0. The van der Waals surface area contributed by atoms with Gasteiger partial charge in [0.15, 0.2) is 23.0 Å². The number of phenolic OH excluding ortho intramolecular Hbond substituents is 1. The van der Waals surface area contributed by atoms with E-state index in [2.05, 4.69) is 12.1 Å². The van der Waals surface area contributed by atoms with Gasteiger partial charge in [0.1, 0.15) is 12.6 Å². The number of hydrogen-bond donors (Lipinski definition) is 2. The molecule has 2 aromatic carbocycles. The molecule has 0 aromatic heterocycles. The first-order chi connectivity index (χ1) is 11.7. The molecule has 2 N–H and O–H groups in total. The normalized spacial score (nSPS) is 22.3. The van der Waals surface area contributed by atoms with Crippen molar-refractivity contribution in [1.82, 2.24) is 0 Å². The molecular formula is C19H20ClNO4. The highest BCUT2D eigenvalue weighted by molar-refractivity contribution is 5.51. The first-order valence-electron chi connectivity index (χ1n) is 8.38. The van der Waals surface area contributed by atoms with E-state index in [4.69, 9.17) is 14.2 Å². The molecule has 25 heavy (non-hydrogen) atoms. The summed E-state index contributed by atoms with van der Waals surface area (Å²) in [7, 11) is 1.60. The molecule has 2 aromatic rings. The highest BCUT2D eigenvalue weighted by Gasteiger charge is 2.37. The number of hydrogen-bond acceptors (Lipinski definition) is 4. The van der Waals surface area contributed by atoms with Crippen LogP contribution in [-0.4, -0.2) is 25.6 Å². The van der Waals surface area contributed by atoms with E-state index in [9.17, 15) is 5.11 Å². The number of phenols is 1. The van der Waals surface area contributed by atoms with Crippen LogP contribution in [0.25, 0.3) is 0 Å². The molecule has 5 nitrogen and oxygen atoms in total. The van der Waals surface area contributed by atoms with Gasteiger partial charge in [-0.1, -0.05) is 0 Å². The molecule has 2 unspecified atom stereocenters. The second kappa shape index (κ2) is 6.00. The van der Waals surface area contributed by atoms with Crippen LogP contribution in [0.5, 0.6) is 23.0 Å². The first kappa shape index (κ1) is 16.4. The van der Waals surface area contributed by atoms with Crippen LogP contribution in [0.15, 0.2) is 24.3 Å². The van der Waals surface area contributed by atoms with Gasteiger partial charge in [-0.25, -0.2) is 0 Å². The Balaban J connectivity index is 0.00000157. The fraction of sp³-hybridized carbons (Fsp3) is 0.368. The van der Waals surface area contributed by atoms with Crippen LogP contribution in [0.4, 0.5) is 0 Å². The SMILES string of the molecule is COc1cc2c(cc1O)CC[NH+]1Cc3cc4c(cc3CC21)OCO4.[Cl-]. The van der Waals surface area contributed by atoms with Gasteiger partial charge in [0.25, 0.3) is 0 Å². The molecule has 0 aliphatic carbocycles. The van der Waals surface area contributed by atoms with Gasteiger partial charge in [-0.15, -0.1) is 0 Å². The maximum absolute atomic E-state index is 10.1. The Morgan fingerprint density at radius 3 is 2.60 bits per heavy atom. The zero-order valence-electron chi connectivity index (χ0n) is 14.0. The molecule has 0 radical (unpaired) electrons. The molecule has 0 saturated carbocycles. The zero-order chi connectivity index (χ0) is 16.3. The van der Waals surface area contributed by atoms with E-state index in [0.717, 1.165) is 37.4 Å². The lowest BCUT2D eigenvalue weighted by atomic mass is 9.83. The average Bonchev–Trinajstić information content (AvgIpc) is 3.04. The van der Waals surface area contributed by atoms with E-state index < -0.39 is 0 Å². The minimum Gasteiger partial charge on any atom is -1.00 e. The van der Waals surface area contributed by atoms with Gasteiger partial charge in [0, 0.05) is 24.0 Å². The molecule has 0 fully saturated rings. The fourth-order valence-electron chi connectivity index (χ4n) is 4.33. The van der Waals surface area contributed by atoms with Crippen molar-refractivity contribution in [3.8, 4) is 23.0 Å². The van der Waals surface area contributed by atoms with Crippen molar-refractivity contribution in [2.45, 2.75) is 25.4 Å². The van der Waals surface area contributed by atoms with Gasteiger partial charge >= 0.3 is 0 Å². The standard InChI is InChI=1S/C19H19NO4.ClH/c1-22-17-8-14-11(5-16(17)21)2-3-20-9-13-7-19-18(23-10-24-19)6-12(13)4-15(14)20;/h5-8,15,21H,2-4,9-10H2,1H3;1H. The van der Waals surface area contributed by atoms with Crippen molar-refractivity contribution < 1.29 is 36.6 Å². The summed E-state index contributed by atoms with van der Waals surface area (Å²) >= 11 is 0. The van der Waals surface area contributed by atoms with Crippen LogP contribution in [-0.2, 0) is 19.4 Å². The number of halogens is 1. The Morgan fingerprint density at radius 2 is 1.84 bits per heavy atom. The molecular weight excluding hydrogens is 342 g/mol. The molecule has 0 bridgehead atoms. The van der Waals surface area contributed by atoms with E-state index >= 15 is 0 Å². The molecule has 3 aliphatic heterocycles. The summed E-state index contributed by atoms with van der Waals surface area (Å²) in [5.41, 5.74) is 5.24. The highest BCUT2D eigenvalue weighted by atomic mass is 35.5. The summed E-state index contributed by atoms with van der Waals surface area (Å²) in [6, 6.07) is 8.58. The number of benzene rings is 2. The summed E-state index contributed by atoms with van der Waals surface area (Å²) in [4.78, 5) is 1.57. The summed E-state index contributed by atoms with van der Waals surface area (Å²) in [5, 5.41) is 10.1. The molecule has 3 aliphatic rings. The van der Waals surface area contributed by atoms with Gasteiger partial charge in [-0.3, -0.25) is 0 Å². The second-order valence-electron chi connectivity index (χ2n) is 6.79. The van der Waals surface area contributed by atoms with Crippen molar-refractivity contribution in [1.29, 1.82) is 0 Å². The summed E-state index contributed by atoms with van der Waals surface area (Å²) in [6.07, 6.45) is 1.96. The number of quaternary nitrogens is 1. The quantitative estimate of drug-likeness (QED) is 0.640. The van der Waals surface area contributed by atoms with Crippen molar-refractivity contribution in [3.63, 3.8) is 0 Å². The Hall–Kier alpha value is -2.11. The molecule has 0 amide bonds. The van der Waals surface area contributed by atoms with Gasteiger partial charge in [-0.05, 0) is 35.4 Å². The van der Waals surface area contributed by atoms with Crippen LogP contribution in [0.2, 0.25) is 0 Å². The molecule has 5 rings (SSSR count). The van der Waals surface area contributed by atoms with E-state index in [0.29, 0.717) is 18.6 Å². The predicted molar refractivity (Wildman–Crippen MR) is 86.9 cm³/mol. The van der Waals surface area contributed by atoms with Crippen molar-refractivity contribution in [2.75, 3.05) is 20.4 Å². The third-order valence-corrected chi connectivity index (χ3v) is 5.56. The second-order valence-corrected chi connectivity index (χ2v) is 6.79. The Kier molecular flexibility index (Phi) is 3.93. The van der Waals surface area contributed by atoms with Crippen LogP contribution in [0, 0.1) is 0 Å². The molecule has 6 heteroatoms. The van der Waals surface area contributed by atoms with Crippen molar-refractivity contribution >= 4 is 0 Å².